The molecule has 0 fully saturated rings. The Labute approximate surface area is 126 Å². The lowest BCUT2D eigenvalue weighted by Crippen LogP contribution is -2.38. The maximum Gasteiger partial charge on any atom is 0.673 e. The van der Waals surface area contributed by atoms with Gasteiger partial charge in [-0.1, -0.05) is 17.7 Å². The number of halogens is 4. The minimum atomic E-state index is -6.00. The van der Waals surface area contributed by atoms with E-state index in [1.165, 1.54) is 0 Å². The first-order valence-electron chi connectivity index (χ1n) is 6.27. The Kier molecular flexibility index (Phi) is 5.86. The Bertz CT molecular complexity index is 507. The van der Waals surface area contributed by atoms with Crippen molar-refractivity contribution in [2.24, 2.45) is 0 Å². The molecule has 2 rings (SSSR count). The largest absolute Gasteiger partial charge is 0.673 e. The Morgan fingerprint density at radius 3 is 2.05 bits per heavy atom. The van der Waals surface area contributed by atoms with Crippen LogP contribution in [0.5, 0.6) is 0 Å². The van der Waals surface area contributed by atoms with Crippen LogP contribution in [0.3, 0.4) is 0 Å². The fraction of sp³-hybridized carbons (Fsp3) is 0.364. The summed E-state index contributed by atoms with van der Waals surface area (Å²) in [7, 11) is 1.74. The summed E-state index contributed by atoms with van der Waals surface area (Å²) in [5, 5.41) is 1.60. The van der Waals surface area contributed by atoms with Crippen molar-refractivity contribution >= 4 is 24.7 Å². The van der Waals surface area contributed by atoms with E-state index in [-0.39, 0.29) is 0 Å². The molecule has 0 aliphatic carbocycles. The Balaban J connectivity index is 0.000000422. The van der Waals surface area contributed by atoms with E-state index in [0.29, 0.717) is 0 Å². The Hall–Kier alpha value is -2.17. The van der Waals surface area contributed by atoms with Crippen LogP contribution in [0.25, 0.3) is 0 Å². The summed E-state index contributed by atoms with van der Waals surface area (Å²) >= 11 is 0. The molecule has 1 aliphatic rings. The van der Waals surface area contributed by atoms with Gasteiger partial charge < -0.3 is 17.3 Å². The third kappa shape index (κ3) is 5.68. The molecule has 0 spiro atoms. The molecule has 1 heterocycles. The third-order valence-electron chi connectivity index (χ3n) is 2.35. The molecule has 0 unspecified atom stereocenters. The highest BCUT2D eigenvalue weighted by atomic mass is 19.5. The standard InChI is InChI=1S/C11H18N5O.BF4/c1-14(2)11(15(3)4)17-16-10-8-6-5-7-9(10)12-13-16;2-1(3,4)5/h5-8,12-13H,1-4H3;/q+1;-1. The molecular weight excluding hydrogens is 305 g/mol. The number of rotatable bonds is 1. The van der Waals surface area contributed by atoms with Gasteiger partial charge in [0, 0.05) is 28.2 Å². The lowest BCUT2D eigenvalue weighted by molar-refractivity contribution is -0.186. The van der Waals surface area contributed by atoms with E-state index in [1.807, 2.05) is 62.3 Å². The number of urea groups is 1. The van der Waals surface area contributed by atoms with Crippen LogP contribution in [-0.2, 0) is 0 Å². The number of hydrazine groups is 2. The average molecular weight is 323 g/mol. The molecular formula is C11H18BF4N5O. The number of anilines is 2. The zero-order valence-corrected chi connectivity index (χ0v) is 12.6. The SMILES string of the molecule is CN(C)C(=[O+]N1NNc2ccccc21)N(C)C.F[B-](F)(F)F. The molecule has 22 heavy (non-hydrogen) atoms. The van der Waals surface area contributed by atoms with Crippen molar-refractivity contribution in [3.05, 3.63) is 24.3 Å². The molecule has 1 aromatic rings. The normalized spacial score (nSPS) is 12.6. The summed E-state index contributed by atoms with van der Waals surface area (Å²) in [5.74, 6) is 0. The second-order valence-corrected chi connectivity index (χ2v) is 4.71. The van der Waals surface area contributed by atoms with E-state index in [4.69, 9.17) is 4.53 Å². The molecule has 0 radical (unpaired) electrons. The van der Waals surface area contributed by atoms with E-state index in [0.717, 1.165) is 17.4 Å². The highest BCUT2D eigenvalue weighted by Gasteiger charge is 2.30. The summed E-state index contributed by atoms with van der Waals surface area (Å²) in [6.07, 6.45) is 0. The number of fused-ring (bicyclic) bond motifs is 1. The lowest BCUT2D eigenvalue weighted by atomic mass is 10.3. The first-order chi connectivity index (χ1) is 10.1. The number of hydrogen-bond donors (Lipinski definition) is 2. The monoisotopic (exact) mass is 323 g/mol. The van der Waals surface area contributed by atoms with Crippen molar-refractivity contribution in [1.82, 2.24) is 15.3 Å². The molecule has 6 nitrogen and oxygen atoms in total. The van der Waals surface area contributed by atoms with Gasteiger partial charge in [-0.3, -0.25) is 15.2 Å². The van der Waals surface area contributed by atoms with Crippen LogP contribution >= 0.6 is 0 Å². The van der Waals surface area contributed by atoms with Gasteiger partial charge in [0.2, 0.25) is 0 Å². The molecule has 1 aliphatic heterocycles. The van der Waals surface area contributed by atoms with Crippen LogP contribution in [0, 0.1) is 0 Å². The van der Waals surface area contributed by atoms with Crippen LogP contribution in [0.15, 0.2) is 24.3 Å². The molecule has 11 heteroatoms. The van der Waals surface area contributed by atoms with E-state index in [2.05, 4.69) is 11.0 Å². The molecule has 2 N–H and O–H groups in total. The van der Waals surface area contributed by atoms with E-state index >= 15 is 0 Å². The van der Waals surface area contributed by atoms with Crippen LogP contribution in [0.1, 0.15) is 0 Å². The zero-order chi connectivity index (χ0) is 16.9. The molecule has 2 amide bonds. The quantitative estimate of drug-likeness (QED) is 0.474. The maximum absolute atomic E-state index is 9.75. The third-order valence-corrected chi connectivity index (χ3v) is 2.35. The van der Waals surface area contributed by atoms with E-state index in [1.54, 1.807) is 5.17 Å². The lowest BCUT2D eigenvalue weighted by Gasteiger charge is -2.12. The van der Waals surface area contributed by atoms with Gasteiger partial charge in [0.1, 0.15) is 0 Å². The summed E-state index contributed by atoms with van der Waals surface area (Å²) in [4.78, 5) is 3.81. The van der Waals surface area contributed by atoms with Crippen molar-refractivity contribution in [2.75, 3.05) is 38.8 Å². The van der Waals surface area contributed by atoms with Crippen molar-refractivity contribution in [1.29, 1.82) is 0 Å². The number of nitrogens with one attached hydrogen (secondary N) is 2. The minimum absolute atomic E-state index is 0.732. The molecule has 0 atom stereocenters. The van der Waals surface area contributed by atoms with Gasteiger partial charge in [-0.05, 0) is 16.7 Å². The summed E-state index contributed by atoms with van der Waals surface area (Å²) in [6, 6.07) is 8.63. The van der Waals surface area contributed by atoms with Crippen molar-refractivity contribution < 1.29 is 21.8 Å². The Morgan fingerprint density at radius 1 is 1.05 bits per heavy atom. The van der Waals surface area contributed by atoms with Gasteiger partial charge in [0.05, 0.1) is 10.9 Å². The number of amides is 2. The fourth-order valence-electron chi connectivity index (χ4n) is 1.64. The van der Waals surface area contributed by atoms with Gasteiger partial charge in [-0.25, -0.2) is 0 Å². The zero-order valence-electron chi connectivity index (χ0n) is 12.6. The Morgan fingerprint density at radius 2 is 1.55 bits per heavy atom. The highest BCUT2D eigenvalue weighted by Crippen LogP contribution is 2.29. The second kappa shape index (κ2) is 7.21. The van der Waals surface area contributed by atoms with Gasteiger partial charge in [0.15, 0.2) is 5.69 Å². The summed E-state index contributed by atoms with van der Waals surface area (Å²) in [6.45, 7) is 0. The first-order valence-corrected chi connectivity index (χ1v) is 6.27. The number of para-hydroxylation sites is 2. The minimum Gasteiger partial charge on any atom is -0.418 e. The highest BCUT2D eigenvalue weighted by molar-refractivity contribution is 6.50. The molecule has 0 saturated heterocycles. The number of nitrogens with zero attached hydrogens (tertiary/aromatic N) is 3. The summed E-state index contributed by atoms with van der Waals surface area (Å²) in [5.41, 5.74) is 7.93. The van der Waals surface area contributed by atoms with E-state index in [9.17, 15) is 17.3 Å². The molecule has 1 aromatic carbocycles. The van der Waals surface area contributed by atoms with Crippen molar-refractivity contribution in [3.63, 3.8) is 0 Å². The smallest absolute Gasteiger partial charge is 0.418 e. The van der Waals surface area contributed by atoms with Crippen molar-refractivity contribution in [2.45, 2.75) is 0 Å². The van der Waals surface area contributed by atoms with Crippen molar-refractivity contribution in [3.8, 4) is 0 Å². The topological polar surface area (TPSA) is 45.1 Å². The number of benzene rings is 1. The van der Waals surface area contributed by atoms with Crippen LogP contribution in [0.2, 0.25) is 0 Å². The average Bonchev–Trinajstić information content (AvgIpc) is 2.76. The van der Waals surface area contributed by atoms with Gasteiger partial charge in [-0.15, -0.1) is 0 Å². The first kappa shape index (κ1) is 17.9. The maximum atomic E-state index is 9.75. The molecule has 0 saturated carbocycles. The predicted octanol–water partition coefficient (Wildman–Crippen LogP) is 2.33. The second-order valence-electron chi connectivity index (χ2n) is 4.71. The van der Waals surface area contributed by atoms with E-state index < -0.39 is 7.25 Å². The number of carbonyl (C=O) groups excluding carboxylic acids is 1. The fourth-order valence-corrected chi connectivity index (χ4v) is 1.64. The van der Waals surface area contributed by atoms with Gasteiger partial charge >= 0.3 is 13.3 Å². The molecule has 0 bridgehead atoms. The van der Waals surface area contributed by atoms with Crippen LogP contribution < -0.4 is 16.1 Å². The van der Waals surface area contributed by atoms with Gasteiger partial charge in [0.25, 0.3) is 0 Å². The molecule has 0 aromatic heterocycles. The van der Waals surface area contributed by atoms with Crippen LogP contribution in [-0.4, -0.2) is 51.3 Å². The summed E-state index contributed by atoms with van der Waals surface area (Å²) < 4.78 is 44.8. The molecule has 124 valence electrons. The van der Waals surface area contributed by atoms with Gasteiger partial charge in [-0.2, -0.15) is 0 Å². The number of hydrogen-bond acceptors (Lipinski definition) is 3. The van der Waals surface area contributed by atoms with Crippen LogP contribution in [0.4, 0.5) is 33.2 Å². The predicted molar refractivity (Wildman–Crippen MR) is 78.6 cm³/mol.